The van der Waals surface area contributed by atoms with Crippen molar-refractivity contribution in [3.8, 4) is 17.2 Å². The summed E-state index contributed by atoms with van der Waals surface area (Å²) in [6, 6.07) is 8.29. The van der Waals surface area contributed by atoms with Crippen LogP contribution in [-0.4, -0.2) is 51.8 Å². The summed E-state index contributed by atoms with van der Waals surface area (Å²) in [7, 11) is 1.56. The highest BCUT2D eigenvalue weighted by molar-refractivity contribution is 5.95. The standard InChI is InChI=1S/C23H26N6O3/c1-15(30)24-10-11-25-22(31)19-13-27-29(20(19)14-32-2)23-26-12-17-8-5-7-16-6-3-4-9-18(16)21(17)28-23/h3-4,6,9,12-13H,5,7-8,10-11,14H2,1-2H3,(H,24,30)(H,25,31). The van der Waals surface area contributed by atoms with Gasteiger partial charge in [-0.25, -0.2) is 9.97 Å². The maximum Gasteiger partial charge on any atom is 0.254 e. The summed E-state index contributed by atoms with van der Waals surface area (Å²) in [4.78, 5) is 33.1. The van der Waals surface area contributed by atoms with E-state index < -0.39 is 0 Å². The first-order valence-electron chi connectivity index (χ1n) is 10.6. The van der Waals surface area contributed by atoms with Gasteiger partial charge in [0.1, 0.15) is 0 Å². The molecule has 1 aliphatic rings. The zero-order chi connectivity index (χ0) is 22.5. The third kappa shape index (κ3) is 4.52. The Morgan fingerprint density at radius 3 is 2.69 bits per heavy atom. The number of nitrogens with one attached hydrogen (secondary N) is 2. The highest BCUT2D eigenvalue weighted by Gasteiger charge is 2.22. The molecule has 166 valence electrons. The van der Waals surface area contributed by atoms with Gasteiger partial charge in [0.15, 0.2) is 0 Å². The van der Waals surface area contributed by atoms with Crippen LogP contribution in [0.1, 0.15) is 40.5 Å². The fourth-order valence-electron chi connectivity index (χ4n) is 3.88. The number of nitrogens with zero attached hydrogens (tertiary/aromatic N) is 4. The fraction of sp³-hybridized carbons (Fsp3) is 0.348. The van der Waals surface area contributed by atoms with E-state index in [2.05, 4.69) is 32.8 Å². The molecule has 2 aromatic heterocycles. The van der Waals surface area contributed by atoms with Gasteiger partial charge in [-0.15, -0.1) is 0 Å². The van der Waals surface area contributed by atoms with Gasteiger partial charge in [-0.1, -0.05) is 24.3 Å². The van der Waals surface area contributed by atoms with Crippen LogP contribution in [0.15, 0.2) is 36.7 Å². The Morgan fingerprint density at radius 1 is 1.09 bits per heavy atom. The second kappa shape index (κ2) is 9.69. The molecule has 2 heterocycles. The van der Waals surface area contributed by atoms with Crippen molar-refractivity contribution in [2.45, 2.75) is 32.8 Å². The van der Waals surface area contributed by atoms with Crippen molar-refractivity contribution in [3.63, 3.8) is 0 Å². The minimum atomic E-state index is -0.297. The molecule has 0 saturated heterocycles. The predicted octanol–water partition coefficient (Wildman–Crippen LogP) is 1.83. The average Bonchev–Trinajstić information content (AvgIpc) is 3.11. The molecule has 1 aromatic carbocycles. The number of amides is 2. The Kier molecular flexibility index (Phi) is 6.55. The fourth-order valence-corrected chi connectivity index (χ4v) is 3.88. The van der Waals surface area contributed by atoms with E-state index in [1.165, 1.54) is 18.7 Å². The Balaban J connectivity index is 1.66. The van der Waals surface area contributed by atoms with Crippen LogP contribution < -0.4 is 10.6 Å². The summed E-state index contributed by atoms with van der Waals surface area (Å²) in [5, 5.41) is 9.82. The van der Waals surface area contributed by atoms with Crippen LogP contribution >= 0.6 is 0 Å². The molecular formula is C23H26N6O3. The van der Waals surface area contributed by atoms with Crippen molar-refractivity contribution in [1.29, 1.82) is 0 Å². The number of hydrogen-bond donors (Lipinski definition) is 2. The van der Waals surface area contributed by atoms with E-state index >= 15 is 0 Å². The number of fused-ring (bicyclic) bond motifs is 3. The topological polar surface area (TPSA) is 111 Å². The summed E-state index contributed by atoms with van der Waals surface area (Å²) in [6.07, 6.45) is 6.31. The first-order valence-corrected chi connectivity index (χ1v) is 10.6. The highest BCUT2D eigenvalue weighted by Crippen LogP contribution is 2.31. The quantitative estimate of drug-likeness (QED) is 0.549. The van der Waals surface area contributed by atoms with E-state index in [-0.39, 0.29) is 18.4 Å². The monoisotopic (exact) mass is 434 g/mol. The lowest BCUT2D eigenvalue weighted by atomic mass is 10.0. The van der Waals surface area contributed by atoms with Crippen LogP contribution in [0.3, 0.4) is 0 Å². The number of aryl methyl sites for hydroxylation is 2. The lowest BCUT2D eigenvalue weighted by Crippen LogP contribution is -2.34. The molecule has 0 aliphatic heterocycles. The molecule has 0 atom stereocenters. The number of rotatable bonds is 7. The Bertz CT molecular complexity index is 1140. The van der Waals surface area contributed by atoms with Crippen molar-refractivity contribution in [2.75, 3.05) is 20.2 Å². The minimum Gasteiger partial charge on any atom is -0.378 e. The van der Waals surface area contributed by atoms with Crippen LogP contribution in [0.4, 0.5) is 0 Å². The summed E-state index contributed by atoms with van der Waals surface area (Å²) in [5.74, 6) is -0.0485. The lowest BCUT2D eigenvalue weighted by molar-refractivity contribution is -0.118. The van der Waals surface area contributed by atoms with Crippen LogP contribution in [0, 0.1) is 0 Å². The van der Waals surface area contributed by atoms with Crippen LogP contribution in [0.5, 0.6) is 0 Å². The molecule has 2 N–H and O–H groups in total. The van der Waals surface area contributed by atoms with E-state index in [1.807, 2.05) is 18.3 Å². The second-order valence-corrected chi connectivity index (χ2v) is 7.64. The van der Waals surface area contributed by atoms with Gasteiger partial charge in [0.25, 0.3) is 11.9 Å². The molecule has 3 aromatic rings. The number of carbonyl (C=O) groups is 2. The van der Waals surface area contributed by atoms with Crippen molar-refractivity contribution in [3.05, 3.63) is 59.0 Å². The van der Waals surface area contributed by atoms with Crippen LogP contribution in [-0.2, 0) is 29.0 Å². The number of methoxy groups -OCH3 is 1. The van der Waals surface area contributed by atoms with Gasteiger partial charge in [0.05, 0.1) is 29.8 Å². The van der Waals surface area contributed by atoms with Gasteiger partial charge in [-0.3, -0.25) is 9.59 Å². The Hall–Kier alpha value is -3.59. The van der Waals surface area contributed by atoms with Crippen LogP contribution in [0.2, 0.25) is 0 Å². The Labute approximate surface area is 186 Å². The summed E-state index contributed by atoms with van der Waals surface area (Å²) < 4.78 is 6.89. The zero-order valence-electron chi connectivity index (χ0n) is 18.2. The van der Waals surface area contributed by atoms with E-state index in [9.17, 15) is 9.59 Å². The molecule has 9 nitrogen and oxygen atoms in total. The van der Waals surface area contributed by atoms with Gasteiger partial charge in [-0.2, -0.15) is 9.78 Å². The summed E-state index contributed by atoms with van der Waals surface area (Å²) in [6.45, 7) is 2.26. The maximum atomic E-state index is 12.7. The molecule has 0 radical (unpaired) electrons. The largest absolute Gasteiger partial charge is 0.378 e. The van der Waals surface area contributed by atoms with Crippen LogP contribution in [0.25, 0.3) is 17.2 Å². The first-order chi connectivity index (χ1) is 15.6. The summed E-state index contributed by atoms with van der Waals surface area (Å²) in [5.41, 5.74) is 5.34. The molecule has 0 saturated carbocycles. The third-order valence-electron chi connectivity index (χ3n) is 5.39. The number of benzene rings is 1. The average molecular weight is 435 g/mol. The SMILES string of the molecule is COCc1c(C(=O)NCCNC(C)=O)cnn1-c1ncc2c(n1)-c1ccccc1CCC2. The van der Waals surface area contributed by atoms with E-state index in [1.54, 1.807) is 11.8 Å². The first kappa shape index (κ1) is 21.6. The van der Waals surface area contributed by atoms with Crippen molar-refractivity contribution in [1.82, 2.24) is 30.4 Å². The third-order valence-corrected chi connectivity index (χ3v) is 5.39. The van der Waals surface area contributed by atoms with Crippen molar-refractivity contribution >= 4 is 11.8 Å². The maximum absolute atomic E-state index is 12.7. The van der Waals surface area contributed by atoms with Gasteiger partial charge < -0.3 is 15.4 Å². The van der Waals surface area contributed by atoms with Gasteiger partial charge in [0, 0.05) is 38.9 Å². The molecule has 0 spiro atoms. The van der Waals surface area contributed by atoms with Crippen molar-refractivity contribution in [2.24, 2.45) is 0 Å². The molecule has 0 unspecified atom stereocenters. The number of carbonyl (C=O) groups excluding carboxylic acids is 2. The number of ether oxygens (including phenoxy) is 1. The molecule has 9 heteroatoms. The van der Waals surface area contributed by atoms with Gasteiger partial charge >= 0.3 is 0 Å². The molecule has 32 heavy (non-hydrogen) atoms. The van der Waals surface area contributed by atoms with Gasteiger partial charge in [-0.05, 0) is 30.4 Å². The molecular weight excluding hydrogens is 408 g/mol. The zero-order valence-corrected chi connectivity index (χ0v) is 18.2. The lowest BCUT2D eigenvalue weighted by Gasteiger charge is -2.12. The van der Waals surface area contributed by atoms with Crippen molar-refractivity contribution < 1.29 is 14.3 Å². The number of hydrogen-bond acceptors (Lipinski definition) is 6. The van der Waals surface area contributed by atoms with E-state index in [4.69, 9.17) is 9.72 Å². The molecule has 1 aliphatic carbocycles. The number of aromatic nitrogens is 4. The van der Waals surface area contributed by atoms with E-state index in [0.717, 1.165) is 36.1 Å². The smallest absolute Gasteiger partial charge is 0.254 e. The minimum absolute atomic E-state index is 0.144. The molecule has 4 rings (SSSR count). The van der Waals surface area contributed by atoms with E-state index in [0.29, 0.717) is 30.3 Å². The normalized spacial score (nSPS) is 12.4. The Morgan fingerprint density at radius 2 is 1.88 bits per heavy atom. The summed E-state index contributed by atoms with van der Waals surface area (Å²) >= 11 is 0. The predicted molar refractivity (Wildman–Crippen MR) is 118 cm³/mol. The molecule has 0 fully saturated rings. The molecule has 0 bridgehead atoms. The highest BCUT2D eigenvalue weighted by atomic mass is 16.5. The molecule has 2 amide bonds. The van der Waals surface area contributed by atoms with Gasteiger partial charge in [0.2, 0.25) is 5.91 Å². The second-order valence-electron chi connectivity index (χ2n) is 7.64.